The van der Waals surface area contributed by atoms with Crippen molar-refractivity contribution >= 4 is 0 Å². The molecular formula is C12H13N3O2. The number of fused-ring (bicyclic) bond motifs is 1. The molecule has 5 nitrogen and oxygen atoms in total. The highest BCUT2D eigenvalue weighted by molar-refractivity contribution is 5.64. The van der Waals surface area contributed by atoms with Crippen molar-refractivity contribution < 1.29 is 9.47 Å². The molecule has 2 aromatic rings. The van der Waals surface area contributed by atoms with Gasteiger partial charge < -0.3 is 20.2 Å². The molecule has 5 heteroatoms. The summed E-state index contributed by atoms with van der Waals surface area (Å²) in [4.78, 5) is 7.42. The van der Waals surface area contributed by atoms with E-state index in [4.69, 9.17) is 15.2 Å². The van der Waals surface area contributed by atoms with Crippen LogP contribution in [0.3, 0.4) is 0 Å². The van der Waals surface area contributed by atoms with Gasteiger partial charge in [0.25, 0.3) is 0 Å². The average molecular weight is 231 g/mol. The van der Waals surface area contributed by atoms with Crippen LogP contribution < -0.4 is 15.2 Å². The summed E-state index contributed by atoms with van der Waals surface area (Å²) in [6.45, 7) is 2.18. The Morgan fingerprint density at radius 2 is 2.18 bits per heavy atom. The minimum Gasteiger partial charge on any atom is -0.454 e. The zero-order chi connectivity index (χ0) is 11.8. The Hall–Kier alpha value is -2.01. The summed E-state index contributed by atoms with van der Waals surface area (Å²) in [5, 5.41) is 0. The average Bonchev–Trinajstić information content (AvgIpc) is 2.97. The van der Waals surface area contributed by atoms with Crippen molar-refractivity contribution in [2.75, 3.05) is 6.79 Å². The van der Waals surface area contributed by atoms with Crippen LogP contribution in [0.1, 0.15) is 18.8 Å². The molecule has 1 unspecified atom stereocenters. The number of ether oxygens (including phenoxy) is 2. The summed E-state index contributed by atoms with van der Waals surface area (Å²) in [5.74, 6) is 2.32. The highest BCUT2D eigenvalue weighted by atomic mass is 16.7. The maximum Gasteiger partial charge on any atom is 0.231 e. The molecule has 1 aliphatic heterocycles. The maximum absolute atomic E-state index is 5.76. The monoisotopic (exact) mass is 231 g/mol. The molecule has 3 rings (SSSR count). The molecule has 17 heavy (non-hydrogen) atoms. The van der Waals surface area contributed by atoms with Crippen LogP contribution in [-0.4, -0.2) is 16.8 Å². The molecule has 88 valence electrons. The normalized spacial score (nSPS) is 14.9. The van der Waals surface area contributed by atoms with E-state index in [-0.39, 0.29) is 12.8 Å². The van der Waals surface area contributed by atoms with Crippen LogP contribution in [0.25, 0.3) is 11.3 Å². The van der Waals surface area contributed by atoms with Gasteiger partial charge in [0.1, 0.15) is 5.82 Å². The van der Waals surface area contributed by atoms with E-state index in [9.17, 15) is 0 Å². The minimum absolute atomic E-state index is 0.0993. The van der Waals surface area contributed by atoms with E-state index in [2.05, 4.69) is 9.97 Å². The highest BCUT2D eigenvalue weighted by Crippen LogP contribution is 2.35. The Labute approximate surface area is 98.6 Å². The quantitative estimate of drug-likeness (QED) is 0.826. The lowest BCUT2D eigenvalue weighted by Gasteiger charge is -2.01. The molecular weight excluding hydrogens is 218 g/mol. The van der Waals surface area contributed by atoms with Gasteiger partial charge in [-0.05, 0) is 25.1 Å². The smallest absolute Gasteiger partial charge is 0.231 e. The molecule has 0 radical (unpaired) electrons. The summed E-state index contributed by atoms with van der Waals surface area (Å²) < 4.78 is 10.6. The Morgan fingerprint density at radius 1 is 1.35 bits per heavy atom. The van der Waals surface area contributed by atoms with Crippen molar-refractivity contribution in [3.63, 3.8) is 0 Å². The van der Waals surface area contributed by atoms with E-state index in [1.165, 1.54) is 0 Å². The Bertz CT molecular complexity index is 548. The van der Waals surface area contributed by atoms with E-state index in [1.54, 1.807) is 6.20 Å². The van der Waals surface area contributed by atoms with Crippen molar-refractivity contribution in [2.24, 2.45) is 5.73 Å². The lowest BCUT2D eigenvalue weighted by atomic mass is 10.1. The number of benzene rings is 1. The van der Waals surface area contributed by atoms with Crippen LogP contribution in [0.15, 0.2) is 24.4 Å². The van der Waals surface area contributed by atoms with Crippen LogP contribution in [0, 0.1) is 0 Å². The second-order valence-electron chi connectivity index (χ2n) is 4.04. The molecule has 3 N–H and O–H groups in total. The van der Waals surface area contributed by atoms with Gasteiger partial charge in [-0.2, -0.15) is 0 Å². The first-order valence-electron chi connectivity index (χ1n) is 5.44. The van der Waals surface area contributed by atoms with E-state index < -0.39 is 0 Å². The van der Waals surface area contributed by atoms with E-state index in [0.717, 1.165) is 28.6 Å². The number of nitrogens with two attached hydrogens (primary N) is 1. The molecule has 1 aromatic heterocycles. The predicted octanol–water partition coefficient (Wildman–Crippen LogP) is 1.83. The van der Waals surface area contributed by atoms with Gasteiger partial charge in [-0.25, -0.2) is 4.98 Å². The van der Waals surface area contributed by atoms with Gasteiger partial charge in [0.2, 0.25) is 6.79 Å². The number of H-pyrrole nitrogens is 1. The Balaban J connectivity index is 1.97. The maximum atomic E-state index is 5.76. The summed E-state index contributed by atoms with van der Waals surface area (Å²) in [7, 11) is 0. The molecule has 1 atom stereocenters. The number of hydrogen-bond donors (Lipinski definition) is 2. The number of nitrogens with one attached hydrogen (secondary N) is 1. The van der Waals surface area contributed by atoms with E-state index >= 15 is 0 Å². The fourth-order valence-corrected chi connectivity index (χ4v) is 1.78. The van der Waals surface area contributed by atoms with Gasteiger partial charge in [0, 0.05) is 5.56 Å². The molecule has 0 fully saturated rings. The highest BCUT2D eigenvalue weighted by Gasteiger charge is 2.15. The van der Waals surface area contributed by atoms with Gasteiger partial charge in [-0.1, -0.05) is 0 Å². The third kappa shape index (κ3) is 1.74. The van der Waals surface area contributed by atoms with Crippen LogP contribution in [0.2, 0.25) is 0 Å². The lowest BCUT2D eigenvalue weighted by molar-refractivity contribution is 0.174. The van der Waals surface area contributed by atoms with Gasteiger partial charge in [0.05, 0.1) is 17.9 Å². The lowest BCUT2D eigenvalue weighted by Crippen LogP contribution is -2.06. The molecule has 1 aromatic carbocycles. The van der Waals surface area contributed by atoms with Gasteiger partial charge in [0.15, 0.2) is 11.5 Å². The first-order valence-corrected chi connectivity index (χ1v) is 5.44. The molecule has 0 spiro atoms. The van der Waals surface area contributed by atoms with Gasteiger partial charge >= 0.3 is 0 Å². The van der Waals surface area contributed by atoms with Crippen molar-refractivity contribution in [3.8, 4) is 22.8 Å². The summed E-state index contributed by atoms with van der Waals surface area (Å²) in [6.07, 6.45) is 1.77. The standard InChI is InChI=1S/C12H13N3O2/c1-7(13)12-14-5-9(15-12)8-2-3-10-11(4-8)17-6-16-10/h2-5,7H,6,13H2,1H3,(H,14,15). The Kier molecular flexibility index (Phi) is 2.26. The van der Waals surface area contributed by atoms with Crippen molar-refractivity contribution in [2.45, 2.75) is 13.0 Å². The third-order valence-corrected chi connectivity index (χ3v) is 2.71. The van der Waals surface area contributed by atoms with Crippen LogP contribution in [0.5, 0.6) is 11.5 Å². The van der Waals surface area contributed by atoms with E-state index in [1.807, 2.05) is 25.1 Å². The molecule has 1 aliphatic rings. The minimum atomic E-state index is -0.0993. The SMILES string of the molecule is CC(N)c1ncc(-c2ccc3c(c2)OCO3)[nH]1. The number of nitrogens with zero attached hydrogens (tertiary/aromatic N) is 1. The first kappa shape index (κ1) is 10.2. The van der Waals surface area contributed by atoms with E-state index in [0.29, 0.717) is 0 Å². The topological polar surface area (TPSA) is 73.2 Å². The summed E-state index contributed by atoms with van der Waals surface area (Å²) in [6, 6.07) is 5.69. The molecule has 2 heterocycles. The van der Waals surface area contributed by atoms with Crippen molar-refractivity contribution in [1.29, 1.82) is 0 Å². The number of hydrogen-bond acceptors (Lipinski definition) is 4. The number of aromatic amines is 1. The van der Waals surface area contributed by atoms with Gasteiger partial charge in [-0.3, -0.25) is 0 Å². The molecule has 0 amide bonds. The predicted molar refractivity (Wildman–Crippen MR) is 62.7 cm³/mol. The second kappa shape index (κ2) is 3.78. The van der Waals surface area contributed by atoms with Crippen LogP contribution in [0.4, 0.5) is 0 Å². The molecule has 0 saturated heterocycles. The fraction of sp³-hybridized carbons (Fsp3) is 0.250. The first-order chi connectivity index (χ1) is 8.24. The number of rotatable bonds is 2. The number of aromatic nitrogens is 2. The Morgan fingerprint density at radius 3 is 2.94 bits per heavy atom. The largest absolute Gasteiger partial charge is 0.454 e. The number of imidazole rings is 1. The zero-order valence-electron chi connectivity index (χ0n) is 9.43. The van der Waals surface area contributed by atoms with Crippen LogP contribution in [-0.2, 0) is 0 Å². The summed E-state index contributed by atoms with van der Waals surface area (Å²) >= 11 is 0. The second-order valence-corrected chi connectivity index (χ2v) is 4.04. The molecule has 0 aliphatic carbocycles. The fourth-order valence-electron chi connectivity index (χ4n) is 1.78. The third-order valence-electron chi connectivity index (χ3n) is 2.71. The van der Waals surface area contributed by atoms with Crippen molar-refractivity contribution in [3.05, 3.63) is 30.2 Å². The summed E-state index contributed by atoms with van der Waals surface area (Å²) in [5.41, 5.74) is 7.69. The zero-order valence-corrected chi connectivity index (χ0v) is 9.43. The van der Waals surface area contributed by atoms with Gasteiger partial charge in [-0.15, -0.1) is 0 Å². The molecule has 0 saturated carbocycles. The van der Waals surface area contributed by atoms with Crippen LogP contribution >= 0.6 is 0 Å². The van der Waals surface area contributed by atoms with Crippen molar-refractivity contribution in [1.82, 2.24) is 9.97 Å². The molecule has 0 bridgehead atoms.